The maximum absolute atomic E-state index is 12.6. The molecular weight excluding hydrogens is 392 g/mol. The molecule has 1 N–H and O–H groups in total. The fraction of sp³-hybridized carbons (Fsp3) is 0.120. The van der Waals surface area contributed by atoms with Gasteiger partial charge in [0.15, 0.2) is 5.13 Å². The number of carbonyl (C=O) groups excluding carboxylic acids is 1. The van der Waals surface area contributed by atoms with Gasteiger partial charge in [0.2, 0.25) is 0 Å². The number of ether oxygens (including phenoxy) is 1. The molecule has 1 aromatic heterocycles. The molecule has 0 saturated heterocycles. The topological polar surface area (TPSA) is 51.2 Å². The Balaban J connectivity index is 1.42. The van der Waals surface area contributed by atoms with Crippen molar-refractivity contribution in [3.05, 3.63) is 100 Å². The molecule has 0 fully saturated rings. The summed E-state index contributed by atoms with van der Waals surface area (Å²) >= 11 is 1.41. The molecule has 3 aromatic carbocycles. The van der Waals surface area contributed by atoms with Gasteiger partial charge < -0.3 is 4.74 Å². The Morgan fingerprint density at radius 3 is 2.43 bits per heavy atom. The van der Waals surface area contributed by atoms with Crippen molar-refractivity contribution in [2.24, 2.45) is 0 Å². The van der Waals surface area contributed by atoms with Crippen molar-refractivity contribution < 1.29 is 9.53 Å². The first-order chi connectivity index (χ1) is 14.6. The first-order valence-corrected chi connectivity index (χ1v) is 10.5. The molecule has 150 valence electrons. The summed E-state index contributed by atoms with van der Waals surface area (Å²) in [7, 11) is 1.66. The van der Waals surface area contributed by atoms with Crippen molar-refractivity contribution >= 4 is 22.4 Å². The molecule has 0 aliphatic rings. The van der Waals surface area contributed by atoms with E-state index in [2.05, 4.69) is 22.4 Å². The first-order valence-electron chi connectivity index (χ1n) is 9.67. The zero-order valence-electron chi connectivity index (χ0n) is 16.9. The van der Waals surface area contributed by atoms with Crippen LogP contribution in [0.3, 0.4) is 0 Å². The number of rotatable bonds is 6. The minimum Gasteiger partial charge on any atom is -0.496 e. The van der Waals surface area contributed by atoms with Gasteiger partial charge in [0.1, 0.15) is 5.75 Å². The molecule has 0 aliphatic carbocycles. The van der Waals surface area contributed by atoms with E-state index in [1.807, 2.05) is 73.0 Å². The molecule has 1 heterocycles. The molecule has 0 radical (unpaired) electrons. The highest BCUT2D eigenvalue weighted by molar-refractivity contribution is 7.14. The van der Waals surface area contributed by atoms with Crippen LogP contribution in [0.1, 0.15) is 27.0 Å². The van der Waals surface area contributed by atoms with Crippen molar-refractivity contribution in [2.45, 2.75) is 13.3 Å². The lowest BCUT2D eigenvalue weighted by Gasteiger charge is -2.06. The third kappa shape index (κ3) is 4.58. The van der Waals surface area contributed by atoms with Gasteiger partial charge >= 0.3 is 0 Å². The molecule has 0 spiro atoms. The van der Waals surface area contributed by atoms with Crippen molar-refractivity contribution in [3.8, 4) is 17.0 Å². The zero-order valence-corrected chi connectivity index (χ0v) is 17.7. The predicted octanol–water partition coefficient (Wildman–Crippen LogP) is 5.97. The van der Waals surface area contributed by atoms with Gasteiger partial charge in [0, 0.05) is 16.5 Å². The summed E-state index contributed by atoms with van der Waals surface area (Å²) in [4.78, 5) is 17.2. The van der Waals surface area contributed by atoms with Crippen molar-refractivity contribution in [1.29, 1.82) is 0 Å². The molecule has 4 rings (SSSR count). The largest absolute Gasteiger partial charge is 0.496 e. The number of methoxy groups -OCH3 is 1. The first kappa shape index (κ1) is 19.9. The fourth-order valence-corrected chi connectivity index (χ4v) is 3.99. The highest BCUT2D eigenvalue weighted by Crippen LogP contribution is 2.29. The van der Waals surface area contributed by atoms with Gasteiger partial charge in [-0.25, -0.2) is 4.98 Å². The van der Waals surface area contributed by atoms with Crippen LogP contribution in [-0.2, 0) is 6.42 Å². The third-order valence-electron chi connectivity index (χ3n) is 4.88. The Labute approximate surface area is 180 Å². The number of anilines is 1. The van der Waals surface area contributed by atoms with Crippen molar-refractivity contribution in [1.82, 2.24) is 4.98 Å². The van der Waals surface area contributed by atoms with E-state index in [9.17, 15) is 4.79 Å². The summed E-state index contributed by atoms with van der Waals surface area (Å²) in [6, 6.07) is 23.9. The number of carbonyl (C=O) groups is 1. The summed E-state index contributed by atoms with van der Waals surface area (Å²) in [6.45, 7) is 2.00. The monoisotopic (exact) mass is 414 g/mol. The van der Waals surface area contributed by atoms with Crippen LogP contribution in [0.5, 0.6) is 5.75 Å². The molecule has 1 amide bonds. The van der Waals surface area contributed by atoms with E-state index >= 15 is 0 Å². The standard InChI is InChI=1S/C25H22N2O2S/c1-17-14-21(12-13-23(17)29-2)22-16-30-25(26-22)27-24(28)20-10-8-19(9-11-20)15-18-6-4-3-5-7-18/h3-14,16H,15H2,1-2H3,(H,26,27,28). The van der Waals surface area contributed by atoms with Crippen LogP contribution in [0.15, 0.2) is 78.2 Å². The Hall–Kier alpha value is -3.44. The predicted molar refractivity (Wildman–Crippen MR) is 122 cm³/mol. The number of hydrogen-bond acceptors (Lipinski definition) is 4. The van der Waals surface area contributed by atoms with Crippen LogP contribution in [0.4, 0.5) is 5.13 Å². The summed E-state index contributed by atoms with van der Waals surface area (Å²) in [5.41, 5.74) is 5.91. The normalized spacial score (nSPS) is 10.6. The molecule has 5 heteroatoms. The summed E-state index contributed by atoms with van der Waals surface area (Å²) in [5.74, 6) is 0.686. The van der Waals surface area contributed by atoms with E-state index in [1.165, 1.54) is 22.5 Å². The number of aryl methyl sites for hydroxylation is 1. The summed E-state index contributed by atoms with van der Waals surface area (Å²) in [5, 5.41) is 5.42. The Kier molecular flexibility index (Phi) is 5.91. The average molecular weight is 415 g/mol. The van der Waals surface area contributed by atoms with Crippen LogP contribution in [0, 0.1) is 6.92 Å². The van der Waals surface area contributed by atoms with Crippen LogP contribution in [0.25, 0.3) is 11.3 Å². The molecule has 0 saturated carbocycles. The Bertz CT molecular complexity index is 1150. The van der Waals surface area contributed by atoms with Gasteiger partial charge in [0.25, 0.3) is 5.91 Å². The SMILES string of the molecule is COc1ccc(-c2csc(NC(=O)c3ccc(Cc4ccccc4)cc3)n2)cc1C. The number of hydrogen-bond donors (Lipinski definition) is 1. The zero-order chi connectivity index (χ0) is 20.9. The van der Waals surface area contributed by atoms with Gasteiger partial charge in [-0.15, -0.1) is 11.3 Å². The number of thiazole rings is 1. The Morgan fingerprint density at radius 2 is 1.73 bits per heavy atom. The lowest BCUT2D eigenvalue weighted by atomic mass is 10.0. The average Bonchev–Trinajstić information content (AvgIpc) is 3.23. The second-order valence-corrected chi connectivity index (χ2v) is 7.89. The fourth-order valence-electron chi connectivity index (χ4n) is 3.28. The molecule has 4 aromatic rings. The maximum Gasteiger partial charge on any atom is 0.257 e. The highest BCUT2D eigenvalue weighted by Gasteiger charge is 2.11. The van der Waals surface area contributed by atoms with Gasteiger partial charge in [-0.1, -0.05) is 42.5 Å². The lowest BCUT2D eigenvalue weighted by Crippen LogP contribution is -2.11. The number of amides is 1. The number of aromatic nitrogens is 1. The highest BCUT2D eigenvalue weighted by atomic mass is 32.1. The second-order valence-electron chi connectivity index (χ2n) is 7.04. The molecule has 0 unspecified atom stereocenters. The van der Waals surface area contributed by atoms with Gasteiger partial charge in [-0.3, -0.25) is 10.1 Å². The van der Waals surface area contributed by atoms with E-state index in [-0.39, 0.29) is 5.91 Å². The molecule has 0 atom stereocenters. The summed E-state index contributed by atoms with van der Waals surface area (Å²) < 4.78 is 5.31. The number of nitrogens with zero attached hydrogens (tertiary/aromatic N) is 1. The molecule has 0 bridgehead atoms. The third-order valence-corrected chi connectivity index (χ3v) is 5.64. The lowest BCUT2D eigenvalue weighted by molar-refractivity contribution is 0.102. The van der Waals surface area contributed by atoms with Crippen LogP contribution in [0.2, 0.25) is 0 Å². The van der Waals surface area contributed by atoms with Gasteiger partial charge in [0.05, 0.1) is 12.8 Å². The maximum atomic E-state index is 12.6. The quantitative estimate of drug-likeness (QED) is 0.423. The van der Waals surface area contributed by atoms with Crippen LogP contribution in [-0.4, -0.2) is 18.0 Å². The number of benzene rings is 3. The molecule has 4 nitrogen and oxygen atoms in total. The van der Waals surface area contributed by atoms with E-state index in [1.54, 1.807) is 7.11 Å². The molecular formula is C25H22N2O2S. The molecule has 30 heavy (non-hydrogen) atoms. The van der Waals surface area contributed by atoms with Crippen LogP contribution < -0.4 is 10.1 Å². The van der Waals surface area contributed by atoms with E-state index < -0.39 is 0 Å². The number of nitrogens with one attached hydrogen (secondary N) is 1. The second kappa shape index (κ2) is 8.93. The van der Waals surface area contributed by atoms with E-state index in [4.69, 9.17) is 4.74 Å². The smallest absolute Gasteiger partial charge is 0.257 e. The minimum atomic E-state index is -0.159. The van der Waals surface area contributed by atoms with Crippen molar-refractivity contribution in [3.63, 3.8) is 0 Å². The Morgan fingerprint density at radius 1 is 1.00 bits per heavy atom. The summed E-state index contributed by atoms with van der Waals surface area (Å²) in [6.07, 6.45) is 0.847. The van der Waals surface area contributed by atoms with E-state index in [0.29, 0.717) is 10.7 Å². The van der Waals surface area contributed by atoms with Crippen molar-refractivity contribution in [2.75, 3.05) is 12.4 Å². The van der Waals surface area contributed by atoms with E-state index in [0.717, 1.165) is 29.0 Å². The van der Waals surface area contributed by atoms with Gasteiger partial charge in [-0.05, 0) is 60.4 Å². The molecule has 0 aliphatic heterocycles. The minimum absolute atomic E-state index is 0.159. The van der Waals surface area contributed by atoms with Crippen LogP contribution >= 0.6 is 11.3 Å². The van der Waals surface area contributed by atoms with Gasteiger partial charge in [-0.2, -0.15) is 0 Å².